The third kappa shape index (κ3) is 1.56. The minimum atomic E-state index is -0.995. The summed E-state index contributed by atoms with van der Waals surface area (Å²) in [6, 6.07) is 0. The number of ether oxygens (including phenoxy) is 2. The van der Waals surface area contributed by atoms with Gasteiger partial charge in [0.2, 0.25) is 0 Å². The molecular weight excluding hydrogens is 208 g/mol. The normalized spacial score (nSPS) is 37.3. The van der Waals surface area contributed by atoms with Crippen molar-refractivity contribution in [1.29, 1.82) is 0 Å². The van der Waals surface area contributed by atoms with Crippen molar-refractivity contribution in [2.24, 2.45) is 5.41 Å². The number of aliphatic hydroxyl groups is 1. The van der Waals surface area contributed by atoms with E-state index in [2.05, 4.69) is 6.92 Å². The van der Waals surface area contributed by atoms with Gasteiger partial charge >= 0.3 is 5.97 Å². The maximum atomic E-state index is 11.7. The third-order valence-electron chi connectivity index (χ3n) is 3.44. The summed E-state index contributed by atoms with van der Waals surface area (Å²) in [5.41, 5.74) is -0.00715. The molecule has 3 aliphatic rings. The first-order valence-corrected chi connectivity index (χ1v) is 5.76. The maximum absolute atomic E-state index is 11.7. The van der Waals surface area contributed by atoms with Crippen LogP contribution in [0.3, 0.4) is 0 Å². The molecule has 1 N–H and O–H groups in total. The lowest BCUT2D eigenvalue weighted by Gasteiger charge is -2.48. The van der Waals surface area contributed by atoms with Gasteiger partial charge in [-0.05, 0) is 6.42 Å². The zero-order chi connectivity index (χ0) is 12.0. The van der Waals surface area contributed by atoms with E-state index in [9.17, 15) is 9.90 Å². The molecule has 0 amide bonds. The molecule has 0 radical (unpaired) electrons. The summed E-state index contributed by atoms with van der Waals surface area (Å²) in [6.45, 7) is 5.80. The molecule has 2 unspecified atom stereocenters. The molecule has 1 fully saturated rings. The lowest BCUT2D eigenvalue weighted by atomic mass is 9.70. The number of unbranched alkanes of at least 4 members (excludes halogenated alkanes) is 1. The highest BCUT2D eigenvalue weighted by atomic mass is 16.8. The molecule has 0 aromatic carbocycles. The Morgan fingerprint density at radius 2 is 2.06 bits per heavy atom. The zero-order valence-electron chi connectivity index (χ0n) is 10.0. The smallest absolute Gasteiger partial charge is 0.345 e. The number of hydrogen-bond acceptors (Lipinski definition) is 4. The van der Waals surface area contributed by atoms with Gasteiger partial charge in [-0.2, -0.15) is 0 Å². The van der Waals surface area contributed by atoms with Crippen molar-refractivity contribution in [1.82, 2.24) is 0 Å². The Morgan fingerprint density at radius 1 is 1.38 bits per heavy atom. The van der Waals surface area contributed by atoms with Gasteiger partial charge in [-0.15, -0.1) is 0 Å². The average Bonchev–Trinajstić information content (AvgIpc) is 2.10. The minimum Gasteiger partial charge on any atom is -0.480 e. The van der Waals surface area contributed by atoms with Gasteiger partial charge in [0.1, 0.15) is 5.57 Å². The summed E-state index contributed by atoms with van der Waals surface area (Å²) in [5.74, 6) is -1.68. The first-order valence-electron chi connectivity index (χ1n) is 5.76. The van der Waals surface area contributed by atoms with Gasteiger partial charge in [0.05, 0.1) is 0 Å². The molecule has 2 bridgehead atoms. The second-order valence-corrected chi connectivity index (χ2v) is 5.15. The molecule has 3 heterocycles. The van der Waals surface area contributed by atoms with Gasteiger partial charge in [-0.3, -0.25) is 0 Å². The number of rotatable bonds is 3. The van der Waals surface area contributed by atoms with Crippen molar-refractivity contribution in [3.8, 4) is 0 Å². The van der Waals surface area contributed by atoms with Crippen molar-refractivity contribution in [2.45, 2.75) is 52.2 Å². The fourth-order valence-electron chi connectivity index (χ4n) is 2.76. The monoisotopic (exact) mass is 226 g/mol. The van der Waals surface area contributed by atoms with Crippen LogP contribution in [0.2, 0.25) is 0 Å². The van der Waals surface area contributed by atoms with Crippen molar-refractivity contribution in [3.05, 3.63) is 11.5 Å². The Kier molecular flexibility index (Phi) is 2.40. The summed E-state index contributed by atoms with van der Waals surface area (Å²) < 4.78 is 10.4. The summed E-state index contributed by atoms with van der Waals surface area (Å²) >= 11 is 0. The molecule has 3 aliphatic heterocycles. The zero-order valence-corrected chi connectivity index (χ0v) is 10.0. The van der Waals surface area contributed by atoms with E-state index < -0.39 is 11.8 Å². The van der Waals surface area contributed by atoms with Crippen LogP contribution in [-0.4, -0.2) is 16.9 Å². The van der Waals surface area contributed by atoms with Crippen LogP contribution < -0.4 is 0 Å². The Balaban J connectivity index is 2.36. The lowest BCUT2D eigenvalue weighted by Crippen LogP contribution is -2.52. The van der Waals surface area contributed by atoms with E-state index in [1.165, 1.54) is 0 Å². The van der Waals surface area contributed by atoms with Crippen LogP contribution in [0.4, 0.5) is 0 Å². The van der Waals surface area contributed by atoms with Gasteiger partial charge in [0.15, 0.2) is 0 Å². The predicted octanol–water partition coefficient (Wildman–Crippen LogP) is 2.65. The Bertz CT molecular complexity index is 360. The van der Waals surface area contributed by atoms with E-state index in [0.717, 1.165) is 19.3 Å². The van der Waals surface area contributed by atoms with E-state index in [1.54, 1.807) is 6.92 Å². The summed E-state index contributed by atoms with van der Waals surface area (Å²) in [5, 5.41) is 9.73. The van der Waals surface area contributed by atoms with E-state index >= 15 is 0 Å². The van der Waals surface area contributed by atoms with E-state index in [0.29, 0.717) is 12.0 Å². The van der Waals surface area contributed by atoms with E-state index in [1.807, 2.05) is 6.92 Å². The molecule has 0 spiro atoms. The van der Waals surface area contributed by atoms with Crippen LogP contribution in [0, 0.1) is 5.41 Å². The molecule has 4 heteroatoms. The number of carbonyl (C=O) groups excluding carboxylic acids is 1. The number of esters is 1. The highest BCUT2D eigenvalue weighted by Crippen LogP contribution is 2.52. The molecule has 0 aliphatic carbocycles. The fraction of sp³-hybridized carbons (Fsp3) is 0.750. The summed E-state index contributed by atoms with van der Waals surface area (Å²) in [6.07, 6.45) is 3.58. The number of aliphatic hydroxyl groups excluding tert-OH is 1. The second-order valence-electron chi connectivity index (χ2n) is 5.15. The van der Waals surface area contributed by atoms with Crippen LogP contribution in [0.15, 0.2) is 11.5 Å². The SMILES string of the molecule is CCCCC1(C)CC2(C)OC(=O)C1=C(O)O2. The van der Waals surface area contributed by atoms with Crippen molar-refractivity contribution < 1.29 is 19.4 Å². The summed E-state index contributed by atoms with van der Waals surface area (Å²) in [4.78, 5) is 11.7. The van der Waals surface area contributed by atoms with Gasteiger partial charge in [-0.1, -0.05) is 26.7 Å². The first-order chi connectivity index (χ1) is 7.40. The maximum Gasteiger partial charge on any atom is 0.345 e. The van der Waals surface area contributed by atoms with Crippen LogP contribution in [0.1, 0.15) is 46.5 Å². The second kappa shape index (κ2) is 3.40. The quantitative estimate of drug-likeness (QED) is 0.751. The minimum absolute atomic E-state index is 0.247. The fourth-order valence-corrected chi connectivity index (χ4v) is 2.76. The topological polar surface area (TPSA) is 55.8 Å². The van der Waals surface area contributed by atoms with Gasteiger partial charge in [0.25, 0.3) is 11.7 Å². The molecule has 2 atom stereocenters. The molecule has 1 saturated heterocycles. The van der Waals surface area contributed by atoms with Crippen molar-refractivity contribution >= 4 is 5.97 Å². The highest BCUT2D eigenvalue weighted by molar-refractivity contribution is 5.92. The average molecular weight is 226 g/mol. The molecule has 0 aromatic heterocycles. The summed E-state index contributed by atoms with van der Waals surface area (Å²) in [7, 11) is 0. The lowest BCUT2D eigenvalue weighted by molar-refractivity contribution is -0.261. The molecule has 4 nitrogen and oxygen atoms in total. The highest BCUT2D eigenvalue weighted by Gasteiger charge is 2.56. The molecule has 3 rings (SSSR count). The Morgan fingerprint density at radius 3 is 2.56 bits per heavy atom. The van der Waals surface area contributed by atoms with E-state index in [4.69, 9.17) is 9.47 Å². The van der Waals surface area contributed by atoms with Crippen molar-refractivity contribution in [2.75, 3.05) is 0 Å². The molecule has 0 aromatic rings. The molecular formula is C12H18O4. The Labute approximate surface area is 95.2 Å². The van der Waals surface area contributed by atoms with E-state index in [-0.39, 0.29) is 11.4 Å². The van der Waals surface area contributed by atoms with Crippen LogP contribution in [0.25, 0.3) is 0 Å². The number of carbonyl (C=O) groups is 1. The Hall–Kier alpha value is -1.19. The van der Waals surface area contributed by atoms with Gasteiger partial charge < -0.3 is 14.6 Å². The standard InChI is InChI=1S/C12H18O4/c1-4-5-6-11(2)7-12(3)15-9(13)8(11)10(14)16-12/h13H,4-7H2,1-3H3. The number of hydrogen-bond donors (Lipinski definition) is 1. The number of fused-ring (bicyclic) bond motifs is 3. The third-order valence-corrected chi connectivity index (χ3v) is 3.44. The molecule has 0 saturated carbocycles. The predicted molar refractivity (Wildman–Crippen MR) is 57.5 cm³/mol. The van der Waals surface area contributed by atoms with Crippen LogP contribution >= 0.6 is 0 Å². The molecule has 16 heavy (non-hydrogen) atoms. The van der Waals surface area contributed by atoms with Crippen molar-refractivity contribution in [3.63, 3.8) is 0 Å². The van der Waals surface area contributed by atoms with Gasteiger partial charge in [0, 0.05) is 18.8 Å². The largest absolute Gasteiger partial charge is 0.480 e. The molecule has 90 valence electrons. The van der Waals surface area contributed by atoms with Crippen LogP contribution in [-0.2, 0) is 14.3 Å². The van der Waals surface area contributed by atoms with Crippen LogP contribution in [0.5, 0.6) is 0 Å². The van der Waals surface area contributed by atoms with Gasteiger partial charge in [-0.25, -0.2) is 4.79 Å². The first kappa shape index (κ1) is 11.3.